The van der Waals surface area contributed by atoms with Crippen LogP contribution in [0.1, 0.15) is 48.0 Å². The van der Waals surface area contributed by atoms with E-state index in [9.17, 15) is 39.6 Å². The van der Waals surface area contributed by atoms with E-state index in [-0.39, 0.29) is 49.1 Å². The van der Waals surface area contributed by atoms with Gasteiger partial charge in [-0.3, -0.25) is 19.2 Å². The van der Waals surface area contributed by atoms with Crippen molar-refractivity contribution in [1.29, 1.82) is 0 Å². The Kier molecular flexibility index (Phi) is 6.25. The number of phenolic OH excluding ortho intramolecular Hbond substituents is 1. The van der Waals surface area contributed by atoms with Crippen LogP contribution in [0.25, 0.3) is 0 Å². The highest BCUT2D eigenvalue weighted by atomic mass is 19.1. The molecule has 1 unspecified atom stereocenters. The van der Waals surface area contributed by atoms with Crippen LogP contribution in [-0.4, -0.2) is 61.1 Å². The number of halogens is 1. The number of hydrogen-bond acceptors (Lipinski definition) is 9. The second-order valence-electron chi connectivity index (χ2n) is 9.30. The van der Waals surface area contributed by atoms with Crippen LogP contribution in [0.5, 0.6) is 5.75 Å². The first-order chi connectivity index (χ1) is 16.9. The van der Waals surface area contributed by atoms with Crippen LogP contribution in [0.4, 0.5) is 10.1 Å². The lowest BCUT2D eigenvalue weighted by Gasteiger charge is -2.45. The normalized spacial score (nSPS) is 25.3. The number of carbonyl (C=O) groups is 4. The quantitative estimate of drug-likeness (QED) is 0.161. The molecule has 11 nitrogen and oxygen atoms in total. The summed E-state index contributed by atoms with van der Waals surface area (Å²) in [6, 6.07) is 1.02. The monoisotopic (exact) mass is 504 g/mol. The molecule has 3 aliphatic carbocycles. The highest BCUT2D eigenvalue weighted by Gasteiger charge is 2.59. The number of carboxylic acids is 1. The number of aliphatic hydroxyl groups is 3. The maximum absolute atomic E-state index is 15.0. The molecule has 192 valence electrons. The van der Waals surface area contributed by atoms with E-state index in [0.29, 0.717) is 12.8 Å². The largest absolute Gasteiger partial charge is 0.511 e. The summed E-state index contributed by atoms with van der Waals surface area (Å²) in [5, 5.41) is 54.6. The number of aliphatic carboxylic acids is 1. The Morgan fingerprint density at radius 2 is 1.86 bits per heavy atom. The molecule has 4 rings (SSSR count). The van der Waals surface area contributed by atoms with Gasteiger partial charge in [0.05, 0.1) is 11.3 Å². The van der Waals surface area contributed by atoms with Gasteiger partial charge < -0.3 is 36.6 Å². The third kappa shape index (κ3) is 3.77. The molecule has 36 heavy (non-hydrogen) atoms. The number of carboxylic acid groups (broad SMARTS) is 1. The van der Waals surface area contributed by atoms with E-state index in [2.05, 4.69) is 5.32 Å². The van der Waals surface area contributed by atoms with Gasteiger partial charge in [0.2, 0.25) is 5.78 Å². The van der Waals surface area contributed by atoms with Crippen molar-refractivity contribution in [3.63, 3.8) is 0 Å². The van der Waals surface area contributed by atoms with E-state index in [0.717, 1.165) is 6.07 Å². The van der Waals surface area contributed by atoms with Gasteiger partial charge in [0, 0.05) is 42.5 Å². The van der Waals surface area contributed by atoms with Gasteiger partial charge in [0.25, 0.3) is 5.91 Å². The van der Waals surface area contributed by atoms with Gasteiger partial charge in [-0.25, -0.2) is 4.39 Å². The van der Waals surface area contributed by atoms with Crippen molar-refractivity contribution < 1.29 is 49.1 Å². The predicted molar refractivity (Wildman–Crippen MR) is 121 cm³/mol. The van der Waals surface area contributed by atoms with Crippen LogP contribution < -0.4 is 11.1 Å². The summed E-state index contributed by atoms with van der Waals surface area (Å²) in [5.41, 5.74) is 0.578. The number of ketones is 2. The van der Waals surface area contributed by atoms with Crippen LogP contribution in [0.15, 0.2) is 28.7 Å². The molecule has 3 aliphatic rings. The second-order valence-corrected chi connectivity index (χ2v) is 9.30. The maximum Gasteiger partial charge on any atom is 0.303 e. The predicted octanol–water partition coefficient (Wildman–Crippen LogP) is 1.39. The summed E-state index contributed by atoms with van der Waals surface area (Å²) in [6.07, 6.45) is 0.0776. The lowest BCUT2D eigenvalue weighted by Crippen LogP contribution is -2.57. The van der Waals surface area contributed by atoms with Gasteiger partial charge in [-0.05, 0) is 31.6 Å². The van der Waals surface area contributed by atoms with Crippen LogP contribution in [0.3, 0.4) is 0 Å². The number of fused-ring (bicyclic) bond motifs is 3. The number of aliphatic hydroxyl groups excluding tert-OH is 2. The molecule has 0 aliphatic heterocycles. The molecule has 12 heteroatoms. The number of aromatic hydroxyl groups is 1. The third-order valence-electron chi connectivity index (χ3n) is 7.14. The maximum atomic E-state index is 15.0. The number of benzene rings is 1. The number of allylic oxidation sites excluding steroid dienone is 2. The van der Waals surface area contributed by atoms with Gasteiger partial charge in [0.15, 0.2) is 11.4 Å². The Morgan fingerprint density at radius 3 is 2.50 bits per heavy atom. The summed E-state index contributed by atoms with van der Waals surface area (Å²) in [5.74, 6) is -9.53. The fourth-order valence-electron chi connectivity index (χ4n) is 5.40. The van der Waals surface area contributed by atoms with Gasteiger partial charge >= 0.3 is 5.97 Å². The van der Waals surface area contributed by atoms with Crippen molar-refractivity contribution in [2.75, 3.05) is 11.9 Å². The first-order valence-electron chi connectivity index (χ1n) is 11.4. The zero-order valence-corrected chi connectivity index (χ0v) is 19.0. The Bertz CT molecular complexity index is 1270. The Balaban J connectivity index is 1.72. The molecule has 0 radical (unpaired) electrons. The van der Waals surface area contributed by atoms with E-state index >= 15 is 4.39 Å². The zero-order valence-electron chi connectivity index (χ0n) is 19.0. The van der Waals surface area contributed by atoms with Crippen molar-refractivity contribution in [3.05, 3.63) is 45.7 Å². The van der Waals surface area contributed by atoms with Gasteiger partial charge in [0.1, 0.15) is 28.7 Å². The Hall–Kier alpha value is -3.93. The molecular formula is C24H25FN2O9. The zero-order chi connectivity index (χ0) is 26.5. The molecule has 0 saturated carbocycles. The van der Waals surface area contributed by atoms with E-state index in [4.69, 9.17) is 10.8 Å². The number of nitrogens with one attached hydrogen (secondary N) is 1. The first kappa shape index (κ1) is 25.2. The number of carbonyl (C=O) groups excluding carboxylic acids is 3. The molecule has 1 aromatic carbocycles. The van der Waals surface area contributed by atoms with Crippen molar-refractivity contribution in [1.82, 2.24) is 0 Å². The number of Topliss-reactive ketones (excluding diaryl/α,β-unsaturated/α-hetero) is 2. The molecule has 8 N–H and O–H groups in total. The summed E-state index contributed by atoms with van der Waals surface area (Å²) in [4.78, 5) is 48.7. The molecule has 0 saturated heterocycles. The first-order valence-corrected chi connectivity index (χ1v) is 11.4. The van der Waals surface area contributed by atoms with Crippen LogP contribution in [-0.2, 0) is 20.8 Å². The number of amides is 1. The van der Waals surface area contributed by atoms with E-state index in [1.165, 1.54) is 0 Å². The summed E-state index contributed by atoms with van der Waals surface area (Å²) in [7, 11) is 0. The Labute approximate surface area is 203 Å². The fourth-order valence-corrected chi connectivity index (χ4v) is 5.40. The van der Waals surface area contributed by atoms with E-state index < -0.39 is 75.1 Å². The van der Waals surface area contributed by atoms with Crippen molar-refractivity contribution in [2.45, 2.75) is 44.1 Å². The number of hydrogen-bond donors (Lipinski definition) is 7. The molecule has 0 fully saturated rings. The molecule has 1 amide bonds. The third-order valence-corrected chi connectivity index (χ3v) is 7.14. The highest BCUT2D eigenvalue weighted by molar-refractivity contribution is 6.24. The van der Waals surface area contributed by atoms with Gasteiger partial charge in [-0.1, -0.05) is 0 Å². The van der Waals surface area contributed by atoms with E-state index in [1.807, 2.05) is 0 Å². The number of anilines is 1. The van der Waals surface area contributed by atoms with Crippen LogP contribution in [0, 0.1) is 17.7 Å². The average molecular weight is 504 g/mol. The smallest absolute Gasteiger partial charge is 0.303 e. The van der Waals surface area contributed by atoms with Crippen LogP contribution >= 0.6 is 0 Å². The van der Waals surface area contributed by atoms with E-state index in [1.54, 1.807) is 0 Å². The van der Waals surface area contributed by atoms with Crippen molar-refractivity contribution in [3.8, 4) is 5.75 Å². The molecule has 1 aromatic rings. The van der Waals surface area contributed by atoms with Crippen molar-refractivity contribution in [2.24, 2.45) is 17.6 Å². The minimum atomic E-state index is -2.69. The topological polar surface area (TPSA) is 207 Å². The summed E-state index contributed by atoms with van der Waals surface area (Å²) in [6.45, 7) is 0.186. The minimum absolute atomic E-state index is 0.0629. The highest BCUT2D eigenvalue weighted by Crippen LogP contribution is 2.52. The number of nitrogens with two attached hydrogens (primary N) is 1. The van der Waals surface area contributed by atoms with Crippen molar-refractivity contribution >= 4 is 29.1 Å². The van der Waals surface area contributed by atoms with Gasteiger partial charge in [-0.15, -0.1) is 0 Å². The number of phenols is 1. The average Bonchev–Trinajstić information content (AvgIpc) is 2.78. The SMILES string of the molecule is NC(=O)C1=C(O)C[C@@H]2CC3Cc4c(F)cc(NCCCCC(=O)O)c(O)c4C(=O)C3=C(O)[C@]2(O)C1=O. The summed E-state index contributed by atoms with van der Waals surface area (Å²) >= 11 is 0. The lowest BCUT2D eigenvalue weighted by molar-refractivity contribution is -0.144. The number of unbranched alkanes of at least 4 members (excludes halogenated alkanes) is 1. The van der Waals surface area contributed by atoms with Gasteiger partial charge in [-0.2, -0.15) is 0 Å². The van der Waals surface area contributed by atoms with Crippen LogP contribution in [0.2, 0.25) is 0 Å². The summed E-state index contributed by atoms with van der Waals surface area (Å²) < 4.78 is 15.0. The molecule has 3 atom stereocenters. The fraction of sp³-hybridized carbons (Fsp3) is 0.417. The molecule has 0 bridgehead atoms. The lowest BCUT2D eigenvalue weighted by atomic mass is 9.60. The molecular weight excluding hydrogens is 479 g/mol. The number of rotatable bonds is 7. The molecule has 0 aromatic heterocycles. The minimum Gasteiger partial charge on any atom is -0.511 e. The second kappa shape index (κ2) is 8.94. The number of primary amides is 1. The standard InChI is InChI=1S/C24H25FN2O9/c25-12-8-13(27-4-2-1-3-15(29)30)19(31)17-11(12)6-9-5-10-7-14(28)18(23(26)35)22(34)24(10,36)21(33)16(9)20(17)32/h8-10,27-28,31,33,36H,1-7H2,(H2,26,35)(H,29,30)/t9?,10-,24-/m0/s1. The Morgan fingerprint density at radius 1 is 1.17 bits per heavy atom. The molecule has 0 spiro atoms. The molecule has 0 heterocycles.